The Bertz CT molecular complexity index is 280. The third-order valence-electron chi connectivity index (χ3n) is 1.59. The van der Waals surface area contributed by atoms with E-state index in [4.69, 9.17) is 4.52 Å². The molecule has 0 aliphatic carbocycles. The van der Waals surface area contributed by atoms with Gasteiger partial charge in [0.05, 0.1) is 11.4 Å². The Morgan fingerprint density at radius 1 is 1.55 bits per heavy atom. The summed E-state index contributed by atoms with van der Waals surface area (Å²) < 4.78 is 15.8. The maximum Gasteiger partial charge on any atom is 0.152 e. The van der Waals surface area contributed by atoms with E-state index in [1.54, 1.807) is 6.26 Å². The molecule has 1 heterocycles. The first kappa shape index (κ1) is 8.46. The summed E-state index contributed by atoms with van der Waals surface area (Å²) in [6, 6.07) is 0. The van der Waals surface area contributed by atoms with Crippen LogP contribution >= 0.6 is 0 Å². The second-order valence-electron chi connectivity index (χ2n) is 2.53. The fourth-order valence-corrected chi connectivity index (χ4v) is 1.42. The van der Waals surface area contributed by atoms with Crippen LogP contribution in [0, 0.1) is 13.8 Å². The molecule has 1 atom stereocenters. The molecule has 1 aromatic rings. The zero-order valence-electron chi connectivity index (χ0n) is 6.88. The van der Waals surface area contributed by atoms with Crippen LogP contribution in [0.25, 0.3) is 0 Å². The van der Waals surface area contributed by atoms with Gasteiger partial charge < -0.3 is 4.52 Å². The highest BCUT2D eigenvalue weighted by atomic mass is 32.2. The lowest BCUT2D eigenvalue weighted by Crippen LogP contribution is -1.92. The molecule has 0 aliphatic rings. The van der Waals surface area contributed by atoms with E-state index in [0.29, 0.717) is 5.75 Å². The van der Waals surface area contributed by atoms with E-state index in [2.05, 4.69) is 5.16 Å². The minimum absolute atomic E-state index is 0.465. The van der Waals surface area contributed by atoms with Crippen LogP contribution in [-0.2, 0) is 16.6 Å². The van der Waals surface area contributed by atoms with Crippen molar-refractivity contribution in [3.05, 3.63) is 17.0 Å². The number of aromatic nitrogens is 1. The molecule has 0 N–H and O–H groups in total. The molecular formula is C7H11NO2S. The van der Waals surface area contributed by atoms with E-state index in [9.17, 15) is 4.21 Å². The molecule has 0 aliphatic heterocycles. The van der Waals surface area contributed by atoms with Gasteiger partial charge >= 0.3 is 0 Å². The first-order valence-electron chi connectivity index (χ1n) is 3.33. The first-order chi connectivity index (χ1) is 5.11. The number of nitrogens with zero attached hydrogens (tertiary/aromatic N) is 1. The van der Waals surface area contributed by atoms with Crippen LogP contribution in [0.15, 0.2) is 4.52 Å². The maximum atomic E-state index is 10.8. The summed E-state index contributed by atoms with van der Waals surface area (Å²) in [6.45, 7) is 3.80. The van der Waals surface area contributed by atoms with Crippen molar-refractivity contribution in [1.82, 2.24) is 5.16 Å². The molecule has 62 valence electrons. The van der Waals surface area contributed by atoms with Gasteiger partial charge in [0.2, 0.25) is 0 Å². The smallest absolute Gasteiger partial charge is 0.152 e. The van der Waals surface area contributed by atoms with Gasteiger partial charge in [0.1, 0.15) is 0 Å². The zero-order valence-corrected chi connectivity index (χ0v) is 7.70. The van der Waals surface area contributed by atoms with Crippen LogP contribution in [0.1, 0.15) is 17.0 Å². The highest BCUT2D eigenvalue weighted by Gasteiger charge is 2.08. The van der Waals surface area contributed by atoms with E-state index in [1.807, 2.05) is 13.8 Å². The molecule has 3 nitrogen and oxygen atoms in total. The fraction of sp³-hybridized carbons (Fsp3) is 0.571. The monoisotopic (exact) mass is 173 g/mol. The van der Waals surface area contributed by atoms with Crippen molar-refractivity contribution in [2.45, 2.75) is 19.6 Å². The third kappa shape index (κ3) is 1.89. The molecule has 11 heavy (non-hydrogen) atoms. The fourth-order valence-electron chi connectivity index (χ4n) is 0.781. The van der Waals surface area contributed by atoms with E-state index < -0.39 is 10.8 Å². The molecule has 0 saturated carbocycles. The van der Waals surface area contributed by atoms with Gasteiger partial charge in [-0.25, -0.2) is 0 Å². The van der Waals surface area contributed by atoms with Crippen molar-refractivity contribution in [2.24, 2.45) is 0 Å². The summed E-state index contributed by atoms with van der Waals surface area (Å²) in [4.78, 5) is 0. The first-order valence-corrected chi connectivity index (χ1v) is 5.05. The average molecular weight is 173 g/mol. The second kappa shape index (κ2) is 3.17. The lowest BCUT2D eigenvalue weighted by atomic mass is 10.2. The standard InChI is InChI=1S/C7H11NO2S/c1-5-6(2)8-10-7(5)4-11(3)9/h4H2,1-3H3. The summed E-state index contributed by atoms with van der Waals surface area (Å²) in [5.74, 6) is 1.20. The zero-order chi connectivity index (χ0) is 8.43. The minimum Gasteiger partial charge on any atom is -0.360 e. The van der Waals surface area contributed by atoms with Gasteiger partial charge in [-0.05, 0) is 13.8 Å². The van der Waals surface area contributed by atoms with Crippen molar-refractivity contribution in [3.8, 4) is 0 Å². The molecule has 1 unspecified atom stereocenters. The number of aryl methyl sites for hydroxylation is 1. The lowest BCUT2D eigenvalue weighted by Gasteiger charge is -1.91. The molecule has 0 fully saturated rings. The van der Waals surface area contributed by atoms with E-state index in [1.165, 1.54) is 0 Å². The van der Waals surface area contributed by atoms with Crippen molar-refractivity contribution >= 4 is 10.8 Å². The average Bonchev–Trinajstić information content (AvgIpc) is 2.18. The highest BCUT2D eigenvalue weighted by molar-refractivity contribution is 7.83. The van der Waals surface area contributed by atoms with Crippen LogP contribution in [0.3, 0.4) is 0 Å². The van der Waals surface area contributed by atoms with Gasteiger partial charge in [0.25, 0.3) is 0 Å². The van der Waals surface area contributed by atoms with E-state index in [0.717, 1.165) is 17.0 Å². The summed E-state index contributed by atoms with van der Waals surface area (Å²) in [5.41, 5.74) is 1.89. The SMILES string of the molecule is Cc1noc(CS(C)=O)c1C. The van der Waals surface area contributed by atoms with Crippen molar-refractivity contribution in [2.75, 3.05) is 6.26 Å². The Morgan fingerprint density at radius 3 is 2.55 bits per heavy atom. The van der Waals surface area contributed by atoms with E-state index >= 15 is 0 Å². The number of rotatable bonds is 2. The molecular weight excluding hydrogens is 162 g/mol. The van der Waals surface area contributed by atoms with Crippen LogP contribution in [-0.4, -0.2) is 15.6 Å². The predicted molar refractivity (Wildman–Crippen MR) is 43.7 cm³/mol. The molecule has 0 bridgehead atoms. The molecule has 0 aromatic carbocycles. The van der Waals surface area contributed by atoms with Crippen LogP contribution < -0.4 is 0 Å². The summed E-state index contributed by atoms with van der Waals surface area (Å²) in [7, 11) is -0.847. The molecule has 4 heteroatoms. The second-order valence-corrected chi connectivity index (χ2v) is 3.97. The van der Waals surface area contributed by atoms with Gasteiger partial charge in [-0.3, -0.25) is 4.21 Å². The van der Waals surface area contributed by atoms with Gasteiger partial charge in [-0.1, -0.05) is 5.16 Å². The Hall–Kier alpha value is -0.640. The Kier molecular flexibility index (Phi) is 2.44. The van der Waals surface area contributed by atoms with Gasteiger partial charge in [-0.2, -0.15) is 0 Å². The topological polar surface area (TPSA) is 43.1 Å². The molecule has 0 radical (unpaired) electrons. The molecule has 1 rings (SSSR count). The molecule has 1 aromatic heterocycles. The summed E-state index contributed by atoms with van der Waals surface area (Å²) in [5, 5.41) is 3.76. The quantitative estimate of drug-likeness (QED) is 0.674. The van der Waals surface area contributed by atoms with Gasteiger partial charge in [0.15, 0.2) is 5.76 Å². The normalized spacial score (nSPS) is 13.4. The Balaban J connectivity index is 2.87. The predicted octanol–water partition coefficient (Wildman–Crippen LogP) is 1.17. The molecule has 0 amide bonds. The van der Waals surface area contributed by atoms with Gasteiger partial charge in [0, 0.05) is 22.6 Å². The third-order valence-corrected chi connectivity index (χ3v) is 2.26. The summed E-state index contributed by atoms with van der Waals surface area (Å²) >= 11 is 0. The van der Waals surface area contributed by atoms with Crippen molar-refractivity contribution in [3.63, 3.8) is 0 Å². The van der Waals surface area contributed by atoms with Crippen LogP contribution in [0.4, 0.5) is 0 Å². The van der Waals surface area contributed by atoms with Crippen LogP contribution in [0.5, 0.6) is 0 Å². The van der Waals surface area contributed by atoms with Crippen molar-refractivity contribution < 1.29 is 8.73 Å². The van der Waals surface area contributed by atoms with Gasteiger partial charge in [-0.15, -0.1) is 0 Å². The molecule has 0 saturated heterocycles. The maximum absolute atomic E-state index is 10.8. The Morgan fingerprint density at radius 2 is 2.18 bits per heavy atom. The lowest BCUT2D eigenvalue weighted by molar-refractivity contribution is 0.389. The highest BCUT2D eigenvalue weighted by Crippen LogP contribution is 2.12. The molecule has 0 spiro atoms. The number of hydrogen-bond acceptors (Lipinski definition) is 3. The largest absolute Gasteiger partial charge is 0.360 e. The van der Waals surface area contributed by atoms with Crippen molar-refractivity contribution in [1.29, 1.82) is 0 Å². The van der Waals surface area contributed by atoms with E-state index in [-0.39, 0.29) is 0 Å². The minimum atomic E-state index is -0.847. The summed E-state index contributed by atoms with van der Waals surface area (Å²) in [6.07, 6.45) is 1.65. The number of hydrogen-bond donors (Lipinski definition) is 0. The Labute approximate surface area is 68.2 Å². The van der Waals surface area contributed by atoms with Crippen LogP contribution in [0.2, 0.25) is 0 Å².